The fourth-order valence-corrected chi connectivity index (χ4v) is 3.00. The molecule has 0 aliphatic rings. The average molecular weight is 346 g/mol. The van der Waals surface area contributed by atoms with E-state index < -0.39 is 0 Å². The Morgan fingerprint density at radius 2 is 1.67 bits per heavy atom. The largest absolute Gasteiger partial charge is 0.310 e. The van der Waals surface area contributed by atoms with Crippen molar-refractivity contribution in [2.45, 2.75) is 39.7 Å². The zero-order valence-corrected chi connectivity index (χ0v) is 14.7. The van der Waals surface area contributed by atoms with Gasteiger partial charge >= 0.3 is 0 Å². The van der Waals surface area contributed by atoms with Gasteiger partial charge in [-0.05, 0) is 55.5 Å². The van der Waals surface area contributed by atoms with Gasteiger partial charge in [0.15, 0.2) is 0 Å². The third-order valence-corrected chi connectivity index (χ3v) is 5.13. The average Bonchev–Trinajstić information content (AvgIpc) is 2.49. The minimum atomic E-state index is 0.417. The molecular formula is C19H24BrN. The standard InChI is InChI=1S/C19H24BrN/c1-4-21-18(11-10-16-8-6-5-7-9-16)17-12-14(2)19(20)15(3)13-17/h5-9,12-13,18,21H,4,10-11H2,1-3H3. The SMILES string of the molecule is CCNC(CCc1ccccc1)c1cc(C)c(Br)c(C)c1. The lowest BCUT2D eigenvalue weighted by molar-refractivity contribution is 0.515. The van der Waals surface area contributed by atoms with Gasteiger partial charge < -0.3 is 5.32 Å². The smallest absolute Gasteiger partial charge is 0.0323 e. The highest BCUT2D eigenvalue weighted by atomic mass is 79.9. The van der Waals surface area contributed by atoms with Crippen molar-refractivity contribution in [3.8, 4) is 0 Å². The molecule has 112 valence electrons. The molecule has 2 heteroatoms. The Labute approximate surface area is 136 Å². The topological polar surface area (TPSA) is 12.0 Å². The number of aryl methyl sites for hydroxylation is 3. The molecule has 0 spiro atoms. The van der Waals surface area contributed by atoms with Crippen LogP contribution in [-0.4, -0.2) is 6.54 Å². The molecule has 1 nitrogen and oxygen atoms in total. The number of hydrogen-bond donors (Lipinski definition) is 1. The normalized spacial score (nSPS) is 12.4. The summed E-state index contributed by atoms with van der Waals surface area (Å²) in [5, 5.41) is 3.63. The van der Waals surface area contributed by atoms with E-state index in [0.29, 0.717) is 6.04 Å². The van der Waals surface area contributed by atoms with Crippen molar-refractivity contribution in [3.05, 3.63) is 69.2 Å². The third kappa shape index (κ3) is 4.42. The summed E-state index contributed by atoms with van der Waals surface area (Å²) in [5.74, 6) is 0. The van der Waals surface area contributed by atoms with Crippen molar-refractivity contribution in [2.24, 2.45) is 0 Å². The molecule has 21 heavy (non-hydrogen) atoms. The summed E-state index contributed by atoms with van der Waals surface area (Å²) in [4.78, 5) is 0. The van der Waals surface area contributed by atoms with Gasteiger partial charge in [0.1, 0.15) is 0 Å². The lowest BCUT2D eigenvalue weighted by Crippen LogP contribution is -2.21. The zero-order valence-electron chi connectivity index (χ0n) is 13.1. The van der Waals surface area contributed by atoms with Gasteiger partial charge in [0.05, 0.1) is 0 Å². The molecule has 0 amide bonds. The Bertz CT molecular complexity index is 554. The van der Waals surface area contributed by atoms with Crippen LogP contribution in [0.4, 0.5) is 0 Å². The maximum Gasteiger partial charge on any atom is 0.0323 e. The summed E-state index contributed by atoms with van der Waals surface area (Å²) in [6, 6.07) is 15.7. The molecule has 0 aliphatic carbocycles. The van der Waals surface area contributed by atoms with E-state index in [4.69, 9.17) is 0 Å². The van der Waals surface area contributed by atoms with E-state index >= 15 is 0 Å². The summed E-state index contributed by atoms with van der Waals surface area (Å²) >= 11 is 3.66. The number of hydrogen-bond acceptors (Lipinski definition) is 1. The van der Waals surface area contributed by atoms with E-state index in [0.717, 1.165) is 19.4 Å². The molecule has 2 rings (SSSR count). The molecule has 1 unspecified atom stereocenters. The molecule has 0 bridgehead atoms. The fourth-order valence-electron chi connectivity index (χ4n) is 2.77. The van der Waals surface area contributed by atoms with E-state index in [9.17, 15) is 0 Å². The highest BCUT2D eigenvalue weighted by molar-refractivity contribution is 9.10. The summed E-state index contributed by atoms with van der Waals surface area (Å²) < 4.78 is 1.23. The molecule has 0 aliphatic heterocycles. The van der Waals surface area contributed by atoms with Gasteiger partial charge in [-0.3, -0.25) is 0 Å². The first kappa shape index (κ1) is 16.3. The maximum atomic E-state index is 3.66. The number of benzene rings is 2. The minimum Gasteiger partial charge on any atom is -0.310 e. The molecule has 0 saturated carbocycles. The van der Waals surface area contributed by atoms with Crippen LogP contribution in [-0.2, 0) is 6.42 Å². The summed E-state index contributed by atoms with van der Waals surface area (Å²) in [5.41, 5.74) is 5.43. The molecule has 0 heterocycles. The predicted octanol–water partition coefficient (Wildman–Crippen LogP) is 5.35. The van der Waals surface area contributed by atoms with Crippen LogP contribution in [0.2, 0.25) is 0 Å². The van der Waals surface area contributed by atoms with Crippen molar-refractivity contribution in [1.29, 1.82) is 0 Å². The van der Waals surface area contributed by atoms with Gasteiger partial charge in [-0.2, -0.15) is 0 Å². The van der Waals surface area contributed by atoms with Crippen LogP contribution in [0.25, 0.3) is 0 Å². The molecule has 1 N–H and O–H groups in total. The predicted molar refractivity (Wildman–Crippen MR) is 94.8 cm³/mol. The van der Waals surface area contributed by atoms with Crippen LogP contribution >= 0.6 is 15.9 Å². The van der Waals surface area contributed by atoms with Crippen LogP contribution < -0.4 is 5.32 Å². The summed E-state index contributed by atoms with van der Waals surface area (Å²) in [6.07, 6.45) is 2.23. The van der Waals surface area contributed by atoms with Crippen molar-refractivity contribution >= 4 is 15.9 Å². The van der Waals surface area contributed by atoms with Crippen LogP contribution in [0.15, 0.2) is 46.9 Å². The molecule has 1 atom stereocenters. The van der Waals surface area contributed by atoms with Crippen LogP contribution in [0.5, 0.6) is 0 Å². The van der Waals surface area contributed by atoms with Crippen molar-refractivity contribution < 1.29 is 0 Å². The summed E-state index contributed by atoms with van der Waals surface area (Å²) in [7, 11) is 0. The minimum absolute atomic E-state index is 0.417. The Balaban J connectivity index is 2.15. The molecule has 2 aromatic carbocycles. The van der Waals surface area contributed by atoms with Gasteiger partial charge in [0.2, 0.25) is 0 Å². The number of rotatable bonds is 6. The van der Waals surface area contributed by atoms with E-state index in [1.807, 2.05) is 0 Å². The van der Waals surface area contributed by atoms with E-state index in [-0.39, 0.29) is 0 Å². The van der Waals surface area contributed by atoms with Gasteiger partial charge in [-0.25, -0.2) is 0 Å². The first-order valence-corrected chi connectivity index (χ1v) is 8.45. The monoisotopic (exact) mass is 345 g/mol. The lowest BCUT2D eigenvalue weighted by atomic mass is 9.96. The quantitative estimate of drug-likeness (QED) is 0.743. The van der Waals surface area contributed by atoms with Crippen LogP contribution in [0.3, 0.4) is 0 Å². The van der Waals surface area contributed by atoms with Crippen molar-refractivity contribution in [3.63, 3.8) is 0 Å². The van der Waals surface area contributed by atoms with Gasteiger partial charge in [-0.15, -0.1) is 0 Å². The highest BCUT2D eigenvalue weighted by Gasteiger charge is 2.13. The van der Waals surface area contributed by atoms with Gasteiger partial charge in [0.25, 0.3) is 0 Å². The van der Waals surface area contributed by atoms with Crippen LogP contribution in [0.1, 0.15) is 41.6 Å². The van der Waals surface area contributed by atoms with Gasteiger partial charge in [-0.1, -0.05) is 65.3 Å². The van der Waals surface area contributed by atoms with Crippen molar-refractivity contribution in [2.75, 3.05) is 6.54 Å². The van der Waals surface area contributed by atoms with Gasteiger partial charge in [0, 0.05) is 10.5 Å². The lowest BCUT2D eigenvalue weighted by Gasteiger charge is -2.20. The Morgan fingerprint density at radius 1 is 1.05 bits per heavy atom. The molecule has 0 radical (unpaired) electrons. The maximum absolute atomic E-state index is 3.66. The van der Waals surface area contributed by atoms with E-state index in [1.54, 1.807) is 0 Å². The Kier molecular flexibility index (Phi) is 6.01. The number of nitrogens with one attached hydrogen (secondary N) is 1. The number of halogens is 1. The first-order valence-electron chi connectivity index (χ1n) is 7.65. The third-order valence-electron chi connectivity index (χ3n) is 3.88. The van der Waals surface area contributed by atoms with E-state index in [2.05, 4.69) is 84.5 Å². The Morgan fingerprint density at radius 3 is 2.24 bits per heavy atom. The van der Waals surface area contributed by atoms with E-state index in [1.165, 1.54) is 26.7 Å². The molecule has 0 fully saturated rings. The second-order valence-corrected chi connectivity index (χ2v) is 6.40. The molecular weight excluding hydrogens is 322 g/mol. The Hall–Kier alpha value is -1.12. The van der Waals surface area contributed by atoms with Crippen molar-refractivity contribution in [1.82, 2.24) is 5.32 Å². The fraction of sp³-hybridized carbons (Fsp3) is 0.368. The van der Waals surface area contributed by atoms with Crippen LogP contribution in [0, 0.1) is 13.8 Å². The summed E-state index contributed by atoms with van der Waals surface area (Å²) in [6.45, 7) is 7.50. The first-order chi connectivity index (χ1) is 10.1. The molecule has 2 aromatic rings. The molecule has 0 aromatic heterocycles. The second kappa shape index (κ2) is 7.77. The second-order valence-electron chi connectivity index (χ2n) is 5.60. The highest BCUT2D eigenvalue weighted by Crippen LogP contribution is 2.27. The molecule has 0 saturated heterocycles. The zero-order chi connectivity index (χ0) is 15.2.